The highest BCUT2D eigenvalue weighted by Gasteiger charge is 2.09. The van der Waals surface area contributed by atoms with Crippen LogP contribution in [0.25, 0.3) is 0 Å². The molecule has 2 N–H and O–H groups in total. The second-order valence-corrected chi connectivity index (χ2v) is 7.39. The third kappa shape index (κ3) is 6.16. The van der Waals surface area contributed by atoms with Crippen molar-refractivity contribution in [3.8, 4) is 5.75 Å². The Bertz CT molecular complexity index is 952. The maximum Gasteiger partial charge on any atom is 0.257 e. The van der Waals surface area contributed by atoms with Crippen LogP contribution in [0, 0.1) is 0 Å². The molecule has 0 unspecified atom stereocenters. The van der Waals surface area contributed by atoms with Crippen LogP contribution >= 0.6 is 12.2 Å². The van der Waals surface area contributed by atoms with Gasteiger partial charge in [-0.05, 0) is 65.7 Å². The molecule has 0 atom stereocenters. The Kier molecular flexibility index (Phi) is 6.98. The van der Waals surface area contributed by atoms with E-state index in [9.17, 15) is 4.79 Å². The number of hydrogen-bond donors (Lipinski definition) is 2. The SMILES string of the molecule is CC(C)c1ccc(C(=O)NC(=S)Nc2ccc(OCc3ccccc3)cc2)cc1. The summed E-state index contributed by atoms with van der Waals surface area (Å²) in [7, 11) is 0. The summed E-state index contributed by atoms with van der Waals surface area (Å²) in [6.07, 6.45) is 0. The standard InChI is InChI=1S/C24H24N2O2S/c1-17(2)19-8-10-20(11-9-19)23(27)26-24(29)25-21-12-14-22(15-13-21)28-16-18-6-4-3-5-7-18/h3-15,17H,16H2,1-2H3,(H2,25,26,27,29). The van der Waals surface area contributed by atoms with Crippen molar-refractivity contribution < 1.29 is 9.53 Å². The zero-order chi connectivity index (χ0) is 20.6. The van der Waals surface area contributed by atoms with Crippen LogP contribution in [-0.4, -0.2) is 11.0 Å². The van der Waals surface area contributed by atoms with Gasteiger partial charge in [-0.1, -0.05) is 56.3 Å². The number of hydrogen-bond acceptors (Lipinski definition) is 3. The number of carbonyl (C=O) groups is 1. The van der Waals surface area contributed by atoms with Crippen LogP contribution in [0.4, 0.5) is 5.69 Å². The number of benzene rings is 3. The Balaban J connectivity index is 1.50. The number of amides is 1. The Morgan fingerprint density at radius 2 is 1.59 bits per heavy atom. The fraction of sp³-hybridized carbons (Fsp3) is 0.167. The van der Waals surface area contributed by atoms with Crippen LogP contribution in [0.15, 0.2) is 78.9 Å². The first-order valence-electron chi connectivity index (χ1n) is 9.50. The quantitative estimate of drug-likeness (QED) is 0.532. The highest BCUT2D eigenvalue weighted by molar-refractivity contribution is 7.80. The van der Waals surface area contributed by atoms with Crippen LogP contribution < -0.4 is 15.4 Å². The van der Waals surface area contributed by atoms with Crippen molar-refractivity contribution in [2.24, 2.45) is 0 Å². The predicted molar refractivity (Wildman–Crippen MR) is 121 cm³/mol. The van der Waals surface area contributed by atoms with Crippen LogP contribution in [-0.2, 0) is 6.61 Å². The van der Waals surface area contributed by atoms with E-state index in [-0.39, 0.29) is 11.0 Å². The summed E-state index contributed by atoms with van der Waals surface area (Å²) >= 11 is 5.25. The number of nitrogens with one attached hydrogen (secondary N) is 2. The van der Waals surface area contributed by atoms with Crippen molar-refractivity contribution in [1.82, 2.24) is 5.32 Å². The molecule has 0 aliphatic rings. The molecule has 3 rings (SSSR count). The van der Waals surface area contributed by atoms with E-state index in [0.717, 1.165) is 17.0 Å². The molecule has 0 fully saturated rings. The van der Waals surface area contributed by atoms with E-state index in [0.29, 0.717) is 18.1 Å². The fourth-order valence-electron chi connectivity index (χ4n) is 2.73. The Morgan fingerprint density at radius 3 is 2.21 bits per heavy atom. The van der Waals surface area contributed by atoms with Crippen molar-refractivity contribution in [3.63, 3.8) is 0 Å². The maximum atomic E-state index is 12.3. The summed E-state index contributed by atoms with van der Waals surface area (Å²) in [4.78, 5) is 12.3. The van der Waals surface area contributed by atoms with Gasteiger partial charge in [-0.25, -0.2) is 0 Å². The second-order valence-electron chi connectivity index (χ2n) is 6.98. The van der Waals surface area contributed by atoms with Crippen LogP contribution in [0.3, 0.4) is 0 Å². The van der Waals surface area contributed by atoms with Crippen LogP contribution in [0.5, 0.6) is 5.75 Å². The summed E-state index contributed by atoms with van der Waals surface area (Å²) in [6.45, 7) is 4.75. The van der Waals surface area contributed by atoms with Gasteiger partial charge >= 0.3 is 0 Å². The predicted octanol–water partition coefficient (Wildman–Crippen LogP) is 5.52. The normalized spacial score (nSPS) is 10.4. The van der Waals surface area contributed by atoms with Crippen LogP contribution in [0.2, 0.25) is 0 Å². The minimum absolute atomic E-state index is 0.236. The Morgan fingerprint density at radius 1 is 0.931 bits per heavy atom. The number of rotatable bonds is 6. The van der Waals surface area contributed by atoms with Gasteiger partial charge < -0.3 is 10.1 Å². The molecule has 29 heavy (non-hydrogen) atoms. The van der Waals surface area contributed by atoms with Gasteiger partial charge in [0.1, 0.15) is 12.4 Å². The molecule has 0 saturated carbocycles. The molecule has 0 radical (unpaired) electrons. The Hall–Kier alpha value is -3.18. The summed E-state index contributed by atoms with van der Waals surface area (Å²) < 4.78 is 5.77. The minimum atomic E-state index is -0.236. The van der Waals surface area contributed by atoms with Crippen molar-refractivity contribution >= 4 is 28.9 Å². The second kappa shape index (κ2) is 9.85. The number of carbonyl (C=O) groups excluding carboxylic acids is 1. The van der Waals surface area contributed by atoms with Crippen LogP contribution in [0.1, 0.15) is 41.3 Å². The monoisotopic (exact) mass is 404 g/mol. The molecule has 3 aromatic rings. The minimum Gasteiger partial charge on any atom is -0.489 e. The van der Waals surface area contributed by atoms with E-state index in [1.807, 2.05) is 78.9 Å². The molecule has 0 spiro atoms. The number of thiocarbonyl (C=S) groups is 1. The van der Waals surface area contributed by atoms with Crippen molar-refractivity contribution in [1.29, 1.82) is 0 Å². The molecule has 5 heteroatoms. The van der Waals surface area contributed by atoms with Crippen molar-refractivity contribution in [3.05, 3.63) is 95.6 Å². The zero-order valence-electron chi connectivity index (χ0n) is 16.5. The molecule has 0 aromatic heterocycles. The zero-order valence-corrected chi connectivity index (χ0v) is 17.3. The lowest BCUT2D eigenvalue weighted by atomic mass is 10.0. The van der Waals surface area contributed by atoms with Gasteiger partial charge in [-0.3, -0.25) is 10.1 Å². The average Bonchev–Trinajstić information content (AvgIpc) is 2.74. The largest absolute Gasteiger partial charge is 0.489 e. The van der Waals surface area contributed by atoms with E-state index in [2.05, 4.69) is 24.5 Å². The van der Waals surface area contributed by atoms with Gasteiger partial charge in [0.15, 0.2) is 5.11 Å². The summed E-state index contributed by atoms with van der Waals surface area (Å²) in [6, 6.07) is 25.0. The molecule has 0 saturated heterocycles. The van der Waals surface area contributed by atoms with E-state index >= 15 is 0 Å². The topological polar surface area (TPSA) is 50.4 Å². The summed E-state index contributed by atoms with van der Waals surface area (Å²) in [5.41, 5.74) is 3.65. The highest BCUT2D eigenvalue weighted by Crippen LogP contribution is 2.17. The third-order valence-electron chi connectivity index (χ3n) is 4.43. The average molecular weight is 405 g/mol. The lowest BCUT2D eigenvalue weighted by Gasteiger charge is -2.11. The molecule has 148 valence electrons. The van der Waals surface area contributed by atoms with Gasteiger partial charge in [0.2, 0.25) is 0 Å². The lowest BCUT2D eigenvalue weighted by molar-refractivity contribution is 0.0977. The van der Waals surface area contributed by atoms with E-state index in [1.54, 1.807) is 0 Å². The lowest BCUT2D eigenvalue weighted by Crippen LogP contribution is -2.34. The molecular weight excluding hydrogens is 380 g/mol. The third-order valence-corrected chi connectivity index (χ3v) is 4.63. The summed E-state index contributed by atoms with van der Waals surface area (Å²) in [5, 5.41) is 5.97. The number of anilines is 1. The highest BCUT2D eigenvalue weighted by atomic mass is 32.1. The van der Waals surface area contributed by atoms with Gasteiger partial charge in [0.05, 0.1) is 0 Å². The molecule has 0 heterocycles. The van der Waals surface area contributed by atoms with Gasteiger partial charge in [0.25, 0.3) is 5.91 Å². The Labute approximate surface area is 176 Å². The molecule has 0 aliphatic carbocycles. The van der Waals surface area contributed by atoms with Gasteiger partial charge in [0, 0.05) is 11.3 Å². The smallest absolute Gasteiger partial charge is 0.257 e. The molecule has 3 aromatic carbocycles. The molecular formula is C24H24N2O2S. The van der Waals surface area contributed by atoms with Crippen molar-refractivity contribution in [2.45, 2.75) is 26.4 Å². The molecule has 0 aliphatic heterocycles. The first-order chi connectivity index (χ1) is 14.0. The maximum absolute atomic E-state index is 12.3. The molecule has 0 bridgehead atoms. The number of ether oxygens (including phenoxy) is 1. The van der Waals surface area contributed by atoms with Crippen molar-refractivity contribution in [2.75, 3.05) is 5.32 Å². The molecule has 1 amide bonds. The van der Waals surface area contributed by atoms with Gasteiger partial charge in [-0.15, -0.1) is 0 Å². The van der Waals surface area contributed by atoms with Gasteiger partial charge in [-0.2, -0.15) is 0 Å². The fourth-order valence-corrected chi connectivity index (χ4v) is 2.94. The summed E-state index contributed by atoms with van der Waals surface area (Å²) in [5.74, 6) is 0.953. The van der Waals surface area contributed by atoms with E-state index in [4.69, 9.17) is 17.0 Å². The first-order valence-corrected chi connectivity index (χ1v) is 9.91. The van der Waals surface area contributed by atoms with E-state index in [1.165, 1.54) is 5.56 Å². The molecule has 4 nitrogen and oxygen atoms in total. The van der Waals surface area contributed by atoms with E-state index < -0.39 is 0 Å². The first kappa shape index (κ1) is 20.6.